The van der Waals surface area contributed by atoms with Gasteiger partial charge in [0.1, 0.15) is 0 Å². The average molecular weight is 248 g/mol. The van der Waals surface area contributed by atoms with Gasteiger partial charge in [-0.05, 0) is 29.9 Å². The van der Waals surface area contributed by atoms with Gasteiger partial charge in [0.2, 0.25) is 0 Å². The zero-order chi connectivity index (χ0) is 13.8. The molecule has 0 radical (unpaired) electrons. The molecule has 0 saturated heterocycles. The van der Waals surface area contributed by atoms with Crippen molar-refractivity contribution < 1.29 is 0 Å². The average Bonchev–Trinajstić information content (AvgIpc) is 2.33. The van der Waals surface area contributed by atoms with Gasteiger partial charge in [0, 0.05) is 0 Å². The summed E-state index contributed by atoms with van der Waals surface area (Å²) in [7, 11) is 0. The van der Waals surface area contributed by atoms with E-state index in [0.717, 1.165) is 5.92 Å². The van der Waals surface area contributed by atoms with Crippen molar-refractivity contribution in [2.24, 2.45) is 5.92 Å². The van der Waals surface area contributed by atoms with Crippen LogP contribution in [-0.2, 0) is 12.8 Å². The first-order valence-corrected chi connectivity index (χ1v) is 7.71. The maximum atomic E-state index is 2.26. The van der Waals surface area contributed by atoms with Crippen LogP contribution in [0, 0.1) is 5.92 Å². The fraction of sp³-hybridized carbons (Fsp3) is 0.667. The van der Waals surface area contributed by atoms with E-state index in [4.69, 9.17) is 0 Å². The lowest BCUT2D eigenvalue weighted by Gasteiger charge is -2.01. The van der Waals surface area contributed by atoms with Gasteiger partial charge in [-0.15, -0.1) is 0 Å². The van der Waals surface area contributed by atoms with Gasteiger partial charge in [0.15, 0.2) is 0 Å². The van der Waals surface area contributed by atoms with Crippen LogP contribution in [0.4, 0.5) is 0 Å². The molecule has 0 aromatic heterocycles. The van der Waals surface area contributed by atoms with Gasteiger partial charge in [-0.2, -0.15) is 0 Å². The van der Waals surface area contributed by atoms with E-state index in [0.29, 0.717) is 0 Å². The summed E-state index contributed by atoms with van der Waals surface area (Å²) in [6.45, 7) is 11.2. The second-order valence-corrected chi connectivity index (χ2v) is 5.50. The second kappa shape index (κ2) is 11.3. The Hall–Kier alpha value is -0.780. The Morgan fingerprint density at radius 3 is 1.28 bits per heavy atom. The first kappa shape index (κ1) is 17.2. The quantitative estimate of drug-likeness (QED) is 0.576. The van der Waals surface area contributed by atoms with E-state index in [1.54, 1.807) is 0 Å². The highest BCUT2D eigenvalue weighted by atomic mass is 14.0. The molecule has 1 aromatic rings. The molecule has 0 aliphatic heterocycles. The second-order valence-electron chi connectivity index (χ2n) is 5.50. The summed E-state index contributed by atoms with van der Waals surface area (Å²) >= 11 is 0. The van der Waals surface area contributed by atoms with Crippen molar-refractivity contribution in [2.75, 3.05) is 0 Å². The Morgan fingerprint density at radius 2 is 1.11 bits per heavy atom. The van der Waals surface area contributed by atoms with E-state index in [9.17, 15) is 0 Å². The molecule has 1 aromatic carbocycles. The van der Waals surface area contributed by atoms with Crippen LogP contribution in [0.25, 0.3) is 0 Å². The zero-order valence-electron chi connectivity index (χ0n) is 13.1. The molecule has 0 spiro atoms. The lowest BCUT2D eigenvalue weighted by Crippen LogP contribution is -1.85. The van der Waals surface area contributed by atoms with Gasteiger partial charge >= 0.3 is 0 Å². The number of hydrogen-bond acceptors (Lipinski definition) is 0. The van der Waals surface area contributed by atoms with Crippen molar-refractivity contribution in [3.05, 3.63) is 35.4 Å². The SMILES string of the molecule is CCCC(C)C.CCCc1ccc(CCC)cc1. The minimum atomic E-state index is 0.898. The monoisotopic (exact) mass is 248 g/mol. The first-order valence-electron chi connectivity index (χ1n) is 7.71. The molecular weight excluding hydrogens is 216 g/mol. The molecule has 0 nitrogen and oxygen atoms in total. The third-order valence-corrected chi connectivity index (χ3v) is 2.97. The van der Waals surface area contributed by atoms with Crippen LogP contribution in [-0.4, -0.2) is 0 Å². The standard InChI is InChI=1S/C12H18.C6H14/c1-3-5-11-7-9-12(6-4-2)10-8-11;1-4-5-6(2)3/h7-10H,3-6H2,1-2H3;6H,4-5H2,1-3H3. The molecule has 0 N–H and O–H groups in total. The molecule has 0 atom stereocenters. The van der Waals surface area contributed by atoms with E-state index >= 15 is 0 Å². The van der Waals surface area contributed by atoms with E-state index < -0.39 is 0 Å². The number of aryl methyl sites for hydroxylation is 2. The third-order valence-electron chi connectivity index (χ3n) is 2.97. The van der Waals surface area contributed by atoms with Crippen LogP contribution < -0.4 is 0 Å². The van der Waals surface area contributed by atoms with E-state index in [2.05, 4.69) is 58.9 Å². The Labute approximate surface area is 115 Å². The molecule has 0 amide bonds. The topological polar surface area (TPSA) is 0 Å². The zero-order valence-corrected chi connectivity index (χ0v) is 13.1. The molecule has 1 rings (SSSR count). The smallest absolute Gasteiger partial charge is 0.0281 e. The summed E-state index contributed by atoms with van der Waals surface area (Å²) in [6, 6.07) is 9.03. The summed E-state index contributed by atoms with van der Waals surface area (Å²) in [5.74, 6) is 0.898. The van der Waals surface area contributed by atoms with Gasteiger partial charge in [-0.1, -0.05) is 84.6 Å². The van der Waals surface area contributed by atoms with Crippen LogP contribution >= 0.6 is 0 Å². The molecule has 0 saturated carbocycles. The van der Waals surface area contributed by atoms with Gasteiger partial charge in [0.25, 0.3) is 0 Å². The van der Waals surface area contributed by atoms with Crippen LogP contribution in [0.5, 0.6) is 0 Å². The van der Waals surface area contributed by atoms with Crippen molar-refractivity contribution in [1.29, 1.82) is 0 Å². The summed E-state index contributed by atoms with van der Waals surface area (Å²) in [5.41, 5.74) is 2.94. The molecular formula is C18H32. The van der Waals surface area contributed by atoms with Crippen molar-refractivity contribution in [3.8, 4) is 0 Å². The fourth-order valence-corrected chi connectivity index (χ4v) is 2.03. The molecule has 0 aliphatic carbocycles. The van der Waals surface area contributed by atoms with Crippen LogP contribution in [0.2, 0.25) is 0 Å². The summed E-state index contributed by atoms with van der Waals surface area (Å²) < 4.78 is 0. The lowest BCUT2D eigenvalue weighted by molar-refractivity contribution is 0.576. The Bertz CT molecular complexity index is 244. The molecule has 104 valence electrons. The minimum Gasteiger partial charge on any atom is -0.0654 e. The molecule has 0 unspecified atom stereocenters. The maximum Gasteiger partial charge on any atom is -0.0281 e. The highest BCUT2D eigenvalue weighted by molar-refractivity contribution is 5.22. The normalized spacial score (nSPS) is 10.1. The minimum absolute atomic E-state index is 0.898. The van der Waals surface area contributed by atoms with E-state index in [1.165, 1.54) is 49.7 Å². The Kier molecular flexibility index (Phi) is 10.8. The first-order chi connectivity index (χ1) is 8.63. The number of rotatable bonds is 6. The van der Waals surface area contributed by atoms with E-state index in [-0.39, 0.29) is 0 Å². The van der Waals surface area contributed by atoms with Crippen molar-refractivity contribution in [2.45, 2.75) is 73.1 Å². The van der Waals surface area contributed by atoms with Crippen LogP contribution in [0.3, 0.4) is 0 Å². The van der Waals surface area contributed by atoms with Gasteiger partial charge in [0.05, 0.1) is 0 Å². The fourth-order valence-electron chi connectivity index (χ4n) is 2.03. The van der Waals surface area contributed by atoms with Crippen molar-refractivity contribution in [3.63, 3.8) is 0 Å². The van der Waals surface area contributed by atoms with Crippen LogP contribution in [0.15, 0.2) is 24.3 Å². The Morgan fingerprint density at radius 1 is 0.722 bits per heavy atom. The maximum absolute atomic E-state index is 2.26. The van der Waals surface area contributed by atoms with Gasteiger partial charge < -0.3 is 0 Å². The molecule has 0 heterocycles. The van der Waals surface area contributed by atoms with Gasteiger partial charge in [-0.3, -0.25) is 0 Å². The largest absolute Gasteiger partial charge is 0.0654 e. The van der Waals surface area contributed by atoms with Crippen molar-refractivity contribution >= 4 is 0 Å². The number of benzene rings is 1. The van der Waals surface area contributed by atoms with E-state index in [1.807, 2.05) is 0 Å². The molecule has 18 heavy (non-hydrogen) atoms. The third kappa shape index (κ3) is 9.27. The van der Waals surface area contributed by atoms with Crippen LogP contribution in [0.1, 0.15) is 71.4 Å². The predicted octanol–water partition coefficient (Wildman–Crippen LogP) is 6.03. The highest BCUT2D eigenvalue weighted by Crippen LogP contribution is 2.08. The molecule has 0 bridgehead atoms. The number of hydrogen-bond donors (Lipinski definition) is 0. The highest BCUT2D eigenvalue weighted by Gasteiger charge is 1.92. The summed E-state index contributed by atoms with van der Waals surface area (Å²) in [6.07, 6.45) is 7.62. The van der Waals surface area contributed by atoms with Gasteiger partial charge in [-0.25, -0.2) is 0 Å². The molecule has 0 fully saturated rings. The molecule has 0 heteroatoms. The summed E-state index contributed by atoms with van der Waals surface area (Å²) in [5, 5.41) is 0. The predicted molar refractivity (Wildman–Crippen MR) is 84.2 cm³/mol. The summed E-state index contributed by atoms with van der Waals surface area (Å²) in [4.78, 5) is 0. The van der Waals surface area contributed by atoms with Crippen molar-refractivity contribution in [1.82, 2.24) is 0 Å². The Balaban J connectivity index is 0.000000411. The lowest BCUT2D eigenvalue weighted by atomic mass is 10.1. The molecule has 0 aliphatic rings.